The van der Waals surface area contributed by atoms with Crippen LogP contribution < -0.4 is 0 Å². The Labute approximate surface area is 50.5 Å². The lowest BCUT2D eigenvalue weighted by Gasteiger charge is -1.99. The molecule has 1 radical (unpaired) electrons. The minimum atomic E-state index is -0.802. The summed E-state index contributed by atoms with van der Waals surface area (Å²) < 4.78 is 10.2. The van der Waals surface area contributed by atoms with Gasteiger partial charge in [0.1, 0.15) is 5.94 Å². The van der Waals surface area contributed by atoms with Gasteiger partial charge in [-0.3, -0.25) is 0 Å². The van der Waals surface area contributed by atoms with Crippen molar-refractivity contribution in [3.8, 4) is 0 Å². The summed E-state index contributed by atoms with van der Waals surface area (Å²) in [6.45, 7) is 0. The quantitative estimate of drug-likeness (QED) is 0.420. The van der Waals surface area contributed by atoms with Crippen LogP contribution in [0.15, 0.2) is 0 Å². The van der Waals surface area contributed by atoms with Crippen molar-refractivity contribution in [2.24, 2.45) is 0 Å². The van der Waals surface area contributed by atoms with E-state index in [1.165, 1.54) is 0 Å². The molecule has 0 N–H and O–H groups in total. The number of hydrogen-bond donors (Lipinski definition) is 0. The topological polar surface area (TPSA) is 43.0 Å². The fraction of sp³-hybridized carbons (Fsp3) is 1.00. The predicted molar refractivity (Wildman–Crippen MR) is 32.1 cm³/mol. The Hall–Kier alpha value is 0.620. The zero-order chi connectivity index (χ0) is 5.70. The molecule has 0 fully saturated rings. The highest BCUT2D eigenvalue weighted by Gasteiger charge is 1.93. The van der Waals surface area contributed by atoms with Crippen LogP contribution in [0.3, 0.4) is 0 Å². The number of rotatable bonds is 3. The molecule has 1 unspecified atom stereocenters. The molecule has 0 amide bonds. The van der Waals surface area contributed by atoms with Crippen LogP contribution in [0.1, 0.15) is 0 Å². The van der Waals surface area contributed by atoms with E-state index in [1.54, 1.807) is 6.26 Å². The first-order valence-electron chi connectivity index (χ1n) is 1.73. The van der Waals surface area contributed by atoms with Crippen molar-refractivity contribution in [1.29, 1.82) is 0 Å². The van der Waals surface area contributed by atoms with Crippen molar-refractivity contribution in [2.45, 2.75) is 0 Å². The predicted octanol–water partition coefficient (Wildman–Crippen LogP) is 0.444. The minimum absolute atomic E-state index is 0.181. The van der Waals surface area contributed by atoms with Gasteiger partial charge in [0.25, 0.3) is 0 Å². The molecule has 0 saturated carbocycles. The van der Waals surface area contributed by atoms with E-state index in [1.807, 2.05) is 0 Å². The Morgan fingerprint density at radius 3 is 2.57 bits per heavy atom. The molecule has 0 saturated heterocycles. The van der Waals surface area contributed by atoms with Crippen molar-refractivity contribution in [2.75, 3.05) is 17.3 Å². The summed E-state index contributed by atoms with van der Waals surface area (Å²) in [7, 11) is 0. The zero-order valence-electron chi connectivity index (χ0n) is 4.05. The zero-order valence-corrected chi connectivity index (χ0v) is 5.68. The van der Waals surface area contributed by atoms with E-state index >= 15 is 0 Å². The van der Waals surface area contributed by atoms with E-state index in [0.29, 0.717) is 5.08 Å². The van der Waals surface area contributed by atoms with Gasteiger partial charge in [0.2, 0.25) is 0 Å². The molecule has 0 aromatic carbocycles. The summed E-state index contributed by atoms with van der Waals surface area (Å²) in [5.41, 5.74) is 0. The Bertz CT molecular complexity index is 39.9. The van der Waals surface area contributed by atoms with Crippen LogP contribution >= 0.6 is 11.8 Å². The van der Waals surface area contributed by atoms with Crippen LogP contribution in [0, 0.1) is 0 Å². The van der Waals surface area contributed by atoms with E-state index in [0.717, 1.165) is 11.8 Å². The first-order valence-corrected chi connectivity index (χ1v) is 4.61. The third-order valence-electron chi connectivity index (χ3n) is 0.333. The third kappa shape index (κ3) is 6.62. The van der Waals surface area contributed by atoms with Gasteiger partial charge in [0.05, 0.1) is 6.26 Å². The average molecular weight is 139 g/mol. The monoisotopic (exact) mass is 139 g/mol. The fourth-order valence-corrected chi connectivity index (χ4v) is 1.36. The van der Waals surface area contributed by atoms with Crippen molar-refractivity contribution in [1.82, 2.24) is 0 Å². The van der Waals surface area contributed by atoms with E-state index < -0.39 is 11.2 Å². The van der Waals surface area contributed by atoms with E-state index in [-0.39, 0.29) is 5.94 Å². The summed E-state index contributed by atoms with van der Waals surface area (Å²) in [5, 5.41) is 10.1. The van der Waals surface area contributed by atoms with Gasteiger partial charge >= 0.3 is 0 Å². The Morgan fingerprint density at radius 2 is 2.43 bits per heavy atom. The Kier molecular flexibility index (Phi) is 5.19. The fourth-order valence-electron chi connectivity index (χ4n) is 0.151. The molecule has 0 aromatic heterocycles. The molecule has 0 rings (SSSR count). The summed E-state index contributed by atoms with van der Waals surface area (Å²) >= 11 is 0.358. The van der Waals surface area contributed by atoms with Gasteiger partial charge in [-0.15, -0.1) is 0 Å². The first-order chi connectivity index (χ1) is 3.27. The summed E-state index contributed by atoms with van der Waals surface area (Å²) in [4.78, 5) is 0. The highest BCUT2D eigenvalue weighted by Crippen LogP contribution is 2.00. The van der Waals surface area contributed by atoms with Crippen LogP contribution in [0.2, 0.25) is 0 Å². The summed E-state index contributed by atoms with van der Waals surface area (Å²) in [5.74, 6) is -0.181. The Balaban J connectivity index is 2.68. The molecule has 0 spiro atoms. The second-order valence-electron chi connectivity index (χ2n) is 1.01. The van der Waals surface area contributed by atoms with Crippen molar-refractivity contribution in [3.63, 3.8) is 0 Å². The standard InChI is InChI=1S/C3H7O2S2/c1-7(5)3-6-2-4/h2-3H2,1H3. The second-order valence-corrected chi connectivity index (χ2v) is 3.75. The van der Waals surface area contributed by atoms with Gasteiger partial charge in [-0.05, 0) is 11.2 Å². The van der Waals surface area contributed by atoms with E-state index in [4.69, 9.17) is 0 Å². The lowest BCUT2D eigenvalue weighted by Crippen LogP contribution is -1.98. The van der Waals surface area contributed by atoms with Gasteiger partial charge in [-0.2, -0.15) is 0 Å². The lowest BCUT2D eigenvalue weighted by molar-refractivity contribution is 0.261. The molecule has 7 heavy (non-hydrogen) atoms. The highest BCUT2D eigenvalue weighted by molar-refractivity contribution is 8.12. The van der Waals surface area contributed by atoms with Gasteiger partial charge in [-0.25, -0.2) is 5.11 Å². The molecule has 0 aliphatic heterocycles. The largest absolute Gasteiger partial charge is 0.616 e. The maximum Gasteiger partial charge on any atom is 0.152 e. The van der Waals surface area contributed by atoms with Crippen LogP contribution in [-0.4, -0.2) is 21.8 Å². The molecule has 0 aromatic rings. The number of hydrogen-bond acceptors (Lipinski definition) is 2. The van der Waals surface area contributed by atoms with Gasteiger partial charge in [0.15, 0.2) is 5.08 Å². The lowest BCUT2D eigenvalue weighted by atomic mass is 11.7. The van der Waals surface area contributed by atoms with Crippen molar-refractivity contribution >= 4 is 22.9 Å². The Morgan fingerprint density at radius 1 is 1.86 bits per heavy atom. The van der Waals surface area contributed by atoms with Crippen LogP contribution in [0.25, 0.3) is 0 Å². The SMILES string of the molecule is C[S+]([O-])CSC[O]. The van der Waals surface area contributed by atoms with Crippen molar-refractivity contribution < 1.29 is 9.66 Å². The summed E-state index contributed by atoms with van der Waals surface area (Å²) in [6.07, 6.45) is 1.59. The maximum atomic E-state index is 10.2. The molecule has 0 aliphatic carbocycles. The summed E-state index contributed by atoms with van der Waals surface area (Å²) in [6, 6.07) is 0. The van der Waals surface area contributed by atoms with E-state index in [2.05, 4.69) is 0 Å². The molecule has 0 heterocycles. The smallest absolute Gasteiger partial charge is 0.152 e. The molecular formula is C3H7O2S2. The maximum absolute atomic E-state index is 10.2. The normalized spacial score (nSPS) is 14.1. The van der Waals surface area contributed by atoms with Gasteiger partial charge < -0.3 is 4.55 Å². The van der Waals surface area contributed by atoms with Crippen LogP contribution in [0.5, 0.6) is 0 Å². The number of thioether (sulfide) groups is 1. The van der Waals surface area contributed by atoms with Gasteiger partial charge in [0, 0.05) is 0 Å². The van der Waals surface area contributed by atoms with Crippen LogP contribution in [0.4, 0.5) is 0 Å². The van der Waals surface area contributed by atoms with E-state index in [9.17, 15) is 9.66 Å². The van der Waals surface area contributed by atoms with Crippen molar-refractivity contribution in [3.05, 3.63) is 0 Å². The molecule has 0 bridgehead atoms. The first kappa shape index (κ1) is 7.62. The second kappa shape index (κ2) is 4.77. The molecule has 43 valence electrons. The highest BCUT2D eigenvalue weighted by atomic mass is 32.3. The molecular weight excluding hydrogens is 132 g/mol. The van der Waals surface area contributed by atoms with Gasteiger partial charge in [-0.1, -0.05) is 11.8 Å². The molecule has 4 heteroatoms. The third-order valence-corrected chi connectivity index (χ3v) is 2.49. The molecule has 0 aliphatic rings. The average Bonchev–Trinajstić information content (AvgIpc) is 1.61. The molecule has 2 nitrogen and oxygen atoms in total. The van der Waals surface area contributed by atoms with Crippen LogP contribution in [-0.2, 0) is 16.3 Å². The molecule has 1 atom stereocenters. The minimum Gasteiger partial charge on any atom is -0.616 e.